The summed E-state index contributed by atoms with van der Waals surface area (Å²) >= 11 is 0. The molecule has 0 radical (unpaired) electrons. The number of ether oxygens (including phenoxy) is 2. The summed E-state index contributed by atoms with van der Waals surface area (Å²) in [5.41, 5.74) is 0.927. The molecule has 0 aromatic heterocycles. The molecule has 1 unspecified atom stereocenters. The third kappa shape index (κ3) is 3.16. The highest BCUT2D eigenvalue weighted by Gasteiger charge is 2.29. The van der Waals surface area contributed by atoms with E-state index in [9.17, 15) is 9.59 Å². The molecule has 3 rings (SSSR count). The van der Waals surface area contributed by atoms with Crippen LogP contribution in [0.1, 0.15) is 31.2 Å². The Morgan fingerprint density at radius 3 is 2.59 bits per heavy atom. The van der Waals surface area contributed by atoms with Crippen LogP contribution in [0.2, 0.25) is 0 Å². The molecule has 2 fully saturated rings. The Hall–Kier alpha value is -2.24. The van der Waals surface area contributed by atoms with Crippen LogP contribution in [-0.4, -0.2) is 31.2 Å². The molecule has 2 N–H and O–H groups in total. The summed E-state index contributed by atoms with van der Waals surface area (Å²) in [5.74, 6) is 1.10. The molecule has 118 valence electrons. The second-order valence-corrected chi connectivity index (χ2v) is 5.73. The number of hydrogen-bond acceptors (Lipinski definition) is 4. The molecule has 0 spiro atoms. The molecule has 1 heterocycles. The van der Waals surface area contributed by atoms with Gasteiger partial charge in [0.05, 0.1) is 13.2 Å². The zero-order valence-corrected chi connectivity index (χ0v) is 12.6. The van der Waals surface area contributed by atoms with Crippen LogP contribution < -0.4 is 20.1 Å². The summed E-state index contributed by atoms with van der Waals surface area (Å²) in [4.78, 5) is 22.8. The fourth-order valence-corrected chi connectivity index (χ4v) is 2.96. The number of carbonyl (C=O) groups is 2. The molecule has 22 heavy (non-hydrogen) atoms. The van der Waals surface area contributed by atoms with Crippen LogP contribution >= 0.6 is 0 Å². The van der Waals surface area contributed by atoms with E-state index in [1.54, 1.807) is 7.11 Å². The second-order valence-electron chi connectivity index (χ2n) is 5.73. The van der Waals surface area contributed by atoms with Crippen molar-refractivity contribution in [1.29, 1.82) is 0 Å². The Bertz CT molecular complexity index is 582. The van der Waals surface area contributed by atoms with E-state index < -0.39 is 12.1 Å². The minimum atomic E-state index is -0.528. The minimum absolute atomic E-state index is 0.235. The zero-order valence-electron chi connectivity index (χ0n) is 12.6. The normalized spacial score (nSPS) is 21.6. The van der Waals surface area contributed by atoms with Crippen molar-refractivity contribution in [3.63, 3.8) is 0 Å². The topological polar surface area (TPSA) is 76.7 Å². The van der Waals surface area contributed by atoms with E-state index in [0.717, 1.165) is 18.4 Å². The lowest BCUT2D eigenvalue weighted by Crippen LogP contribution is -2.31. The zero-order chi connectivity index (χ0) is 15.5. The first-order valence-electron chi connectivity index (χ1n) is 7.60. The maximum Gasteiger partial charge on any atom is 0.322 e. The molecule has 1 aliphatic heterocycles. The molecule has 3 amide bonds. The van der Waals surface area contributed by atoms with Gasteiger partial charge in [-0.05, 0) is 43.4 Å². The third-order valence-electron chi connectivity index (χ3n) is 4.12. The van der Waals surface area contributed by atoms with Gasteiger partial charge in [-0.15, -0.1) is 0 Å². The third-order valence-corrected chi connectivity index (χ3v) is 4.12. The average molecular weight is 304 g/mol. The van der Waals surface area contributed by atoms with Gasteiger partial charge in [0.25, 0.3) is 5.91 Å². The smallest absolute Gasteiger partial charge is 0.322 e. The average Bonchev–Trinajstić information content (AvgIpc) is 3.10. The van der Waals surface area contributed by atoms with Crippen LogP contribution in [0.4, 0.5) is 4.79 Å². The van der Waals surface area contributed by atoms with Gasteiger partial charge in [-0.1, -0.05) is 6.07 Å². The standard InChI is InChI=1S/C16H20N2O4/c1-21-13-7-6-10(8-12-15(19)18-16(20)17-12)9-14(13)22-11-4-2-3-5-11/h6-7,9,11-12H,2-5,8H2,1H3,(H2,17,18,19,20). The number of carbonyl (C=O) groups excluding carboxylic acids is 2. The van der Waals surface area contributed by atoms with Crippen molar-refractivity contribution >= 4 is 11.9 Å². The Morgan fingerprint density at radius 1 is 1.18 bits per heavy atom. The van der Waals surface area contributed by atoms with Gasteiger partial charge in [0.1, 0.15) is 6.04 Å². The van der Waals surface area contributed by atoms with Gasteiger partial charge in [0, 0.05) is 6.42 Å². The molecule has 0 bridgehead atoms. The summed E-state index contributed by atoms with van der Waals surface area (Å²) in [7, 11) is 1.61. The summed E-state index contributed by atoms with van der Waals surface area (Å²) in [6, 6.07) is 4.66. The Balaban J connectivity index is 1.74. The van der Waals surface area contributed by atoms with Gasteiger partial charge in [-0.25, -0.2) is 4.79 Å². The highest BCUT2D eigenvalue weighted by molar-refractivity contribution is 6.04. The number of amides is 3. The van der Waals surface area contributed by atoms with E-state index in [-0.39, 0.29) is 12.0 Å². The lowest BCUT2D eigenvalue weighted by Gasteiger charge is -2.17. The number of imide groups is 1. The first-order valence-corrected chi connectivity index (χ1v) is 7.60. The highest BCUT2D eigenvalue weighted by Crippen LogP contribution is 2.32. The van der Waals surface area contributed by atoms with E-state index in [1.807, 2.05) is 18.2 Å². The van der Waals surface area contributed by atoms with Crippen molar-refractivity contribution < 1.29 is 19.1 Å². The number of benzene rings is 1. The number of nitrogens with one attached hydrogen (secondary N) is 2. The van der Waals surface area contributed by atoms with Crippen LogP contribution in [0.15, 0.2) is 18.2 Å². The summed E-state index contributed by atoms with van der Waals surface area (Å²) in [5, 5.41) is 4.84. The predicted molar refractivity (Wildman–Crippen MR) is 80.0 cm³/mol. The molecular weight excluding hydrogens is 284 g/mol. The van der Waals surface area contributed by atoms with Crippen molar-refractivity contribution in [3.05, 3.63) is 23.8 Å². The van der Waals surface area contributed by atoms with Crippen LogP contribution in [-0.2, 0) is 11.2 Å². The Kier molecular flexibility index (Phi) is 4.18. The Morgan fingerprint density at radius 2 is 1.95 bits per heavy atom. The number of hydrogen-bond donors (Lipinski definition) is 2. The van der Waals surface area contributed by atoms with Gasteiger partial charge in [0.15, 0.2) is 11.5 Å². The first-order chi connectivity index (χ1) is 10.7. The number of methoxy groups -OCH3 is 1. The van der Waals surface area contributed by atoms with Crippen LogP contribution in [0.5, 0.6) is 11.5 Å². The van der Waals surface area contributed by atoms with Crippen LogP contribution in [0.25, 0.3) is 0 Å². The summed E-state index contributed by atoms with van der Waals surface area (Å²) in [6.07, 6.45) is 5.19. The van der Waals surface area contributed by atoms with Crippen molar-refractivity contribution in [1.82, 2.24) is 10.6 Å². The quantitative estimate of drug-likeness (QED) is 0.813. The van der Waals surface area contributed by atoms with Gasteiger partial charge in [-0.3, -0.25) is 10.1 Å². The fraction of sp³-hybridized carbons (Fsp3) is 0.500. The first kappa shape index (κ1) is 14.7. The summed E-state index contributed by atoms with van der Waals surface area (Å²) < 4.78 is 11.4. The van der Waals surface area contributed by atoms with E-state index in [1.165, 1.54) is 12.8 Å². The molecule has 1 saturated carbocycles. The molecular formula is C16H20N2O4. The highest BCUT2D eigenvalue weighted by atomic mass is 16.5. The molecule has 1 atom stereocenters. The molecule has 1 aliphatic carbocycles. The van der Waals surface area contributed by atoms with E-state index in [4.69, 9.17) is 9.47 Å². The van der Waals surface area contributed by atoms with Gasteiger partial charge in [0.2, 0.25) is 0 Å². The van der Waals surface area contributed by atoms with Gasteiger partial charge < -0.3 is 14.8 Å². The molecule has 1 aromatic carbocycles. The van der Waals surface area contributed by atoms with E-state index >= 15 is 0 Å². The van der Waals surface area contributed by atoms with Crippen LogP contribution in [0, 0.1) is 0 Å². The maximum atomic E-state index is 11.6. The lowest BCUT2D eigenvalue weighted by molar-refractivity contribution is -0.120. The van der Waals surface area contributed by atoms with E-state index in [0.29, 0.717) is 17.9 Å². The number of urea groups is 1. The van der Waals surface area contributed by atoms with Crippen molar-refractivity contribution in [2.75, 3.05) is 7.11 Å². The van der Waals surface area contributed by atoms with Crippen LogP contribution in [0.3, 0.4) is 0 Å². The second kappa shape index (κ2) is 6.25. The molecule has 6 heteroatoms. The summed E-state index contributed by atoms with van der Waals surface area (Å²) in [6.45, 7) is 0. The van der Waals surface area contributed by atoms with Crippen molar-refractivity contribution in [2.24, 2.45) is 0 Å². The molecule has 1 saturated heterocycles. The van der Waals surface area contributed by atoms with Gasteiger partial charge >= 0.3 is 6.03 Å². The minimum Gasteiger partial charge on any atom is -0.493 e. The molecule has 6 nitrogen and oxygen atoms in total. The Labute approximate surface area is 129 Å². The fourth-order valence-electron chi connectivity index (χ4n) is 2.96. The SMILES string of the molecule is COc1ccc(CC2NC(=O)NC2=O)cc1OC1CCCC1. The van der Waals surface area contributed by atoms with Crippen molar-refractivity contribution in [3.8, 4) is 11.5 Å². The molecule has 1 aromatic rings. The largest absolute Gasteiger partial charge is 0.493 e. The maximum absolute atomic E-state index is 11.6. The predicted octanol–water partition coefficient (Wildman–Crippen LogP) is 1.77. The van der Waals surface area contributed by atoms with E-state index in [2.05, 4.69) is 10.6 Å². The van der Waals surface area contributed by atoms with Crippen molar-refractivity contribution in [2.45, 2.75) is 44.2 Å². The van der Waals surface area contributed by atoms with Gasteiger partial charge in [-0.2, -0.15) is 0 Å². The number of rotatable bonds is 5. The monoisotopic (exact) mass is 304 g/mol. The molecule has 2 aliphatic rings. The lowest BCUT2D eigenvalue weighted by atomic mass is 10.1.